The molecule has 5 nitrogen and oxygen atoms in total. The maximum atomic E-state index is 12.9. The van der Waals surface area contributed by atoms with Crippen molar-refractivity contribution in [3.05, 3.63) is 102 Å². The van der Waals surface area contributed by atoms with Gasteiger partial charge in [0.15, 0.2) is 0 Å². The molecule has 0 amide bonds. The predicted octanol–water partition coefficient (Wildman–Crippen LogP) is 4.35. The Morgan fingerprint density at radius 3 is 2.17 bits per heavy atom. The number of rotatable bonds is 8. The van der Waals surface area contributed by atoms with Gasteiger partial charge >= 0.3 is 5.97 Å². The molecule has 4 aromatic rings. The number of pyridine rings is 1. The van der Waals surface area contributed by atoms with Crippen LogP contribution in [-0.4, -0.2) is 34.0 Å². The minimum atomic E-state index is -0.427. The Bertz CT molecular complexity index is 1020. The smallest absolute Gasteiger partial charge is 0.323 e. The van der Waals surface area contributed by atoms with Crippen LogP contribution < -0.4 is 0 Å². The van der Waals surface area contributed by atoms with E-state index in [1.807, 2.05) is 48.5 Å². The average Bonchev–Trinajstić information content (AvgIpc) is 3.21. The fraction of sp³-hybridized carbons (Fsp3) is 0.200. The minimum Gasteiger partial charge on any atom is -0.468 e. The van der Waals surface area contributed by atoms with E-state index < -0.39 is 6.04 Å². The molecule has 2 aromatic heterocycles. The molecule has 4 rings (SSSR count). The normalized spacial score (nSPS) is 12.2. The zero-order valence-corrected chi connectivity index (χ0v) is 17.0. The first-order valence-corrected chi connectivity index (χ1v) is 10.1. The predicted molar refractivity (Wildman–Crippen MR) is 118 cm³/mol. The lowest BCUT2D eigenvalue weighted by molar-refractivity contribution is -0.147. The van der Waals surface area contributed by atoms with Crippen LogP contribution in [0, 0.1) is 0 Å². The zero-order chi connectivity index (χ0) is 20.8. The number of ether oxygens (including phenoxy) is 1. The first kappa shape index (κ1) is 19.9. The molecule has 0 aliphatic rings. The highest BCUT2D eigenvalue weighted by Crippen LogP contribution is 2.20. The Morgan fingerprint density at radius 2 is 1.60 bits per heavy atom. The van der Waals surface area contributed by atoms with E-state index in [9.17, 15) is 4.79 Å². The third-order valence-corrected chi connectivity index (χ3v) is 5.23. The number of H-pyrrole nitrogens is 1. The largest absolute Gasteiger partial charge is 0.468 e. The maximum absolute atomic E-state index is 12.9. The third-order valence-electron chi connectivity index (χ3n) is 5.23. The van der Waals surface area contributed by atoms with E-state index in [2.05, 4.69) is 45.2 Å². The molecule has 2 aromatic carbocycles. The molecular weight excluding hydrogens is 374 g/mol. The number of carbonyl (C=O) groups is 1. The third kappa shape index (κ3) is 4.75. The molecule has 30 heavy (non-hydrogen) atoms. The first-order chi connectivity index (χ1) is 14.7. The minimum absolute atomic E-state index is 0.242. The van der Waals surface area contributed by atoms with Crippen LogP contribution >= 0.6 is 0 Å². The number of hydrogen-bond acceptors (Lipinski definition) is 4. The van der Waals surface area contributed by atoms with Gasteiger partial charge in [-0.1, -0.05) is 60.7 Å². The summed E-state index contributed by atoms with van der Waals surface area (Å²) in [5, 5.41) is 1.04. The van der Waals surface area contributed by atoms with Gasteiger partial charge in [0.05, 0.1) is 7.11 Å². The highest BCUT2D eigenvalue weighted by Gasteiger charge is 2.28. The topological polar surface area (TPSA) is 58.2 Å². The standard InChI is InChI=1S/C25H25N3O2/c1-30-25(29)23(16-22-15-21-13-8-14-26-24(21)27-22)28(17-19-9-4-2-5-10-19)18-20-11-6-3-7-12-20/h2-15,23H,16-18H2,1H3,(H,26,27)/t23-/m0/s1. The number of esters is 1. The molecule has 0 unspecified atom stereocenters. The Hall–Kier alpha value is -3.44. The second-order valence-electron chi connectivity index (χ2n) is 7.36. The summed E-state index contributed by atoms with van der Waals surface area (Å²) in [6, 6.07) is 26.0. The summed E-state index contributed by atoms with van der Waals surface area (Å²) < 4.78 is 5.20. The summed E-state index contributed by atoms with van der Waals surface area (Å²) in [4.78, 5) is 22.7. The SMILES string of the molecule is COC(=O)[C@H](Cc1cc2cccnc2[nH]1)N(Cc1ccccc1)Cc1ccccc1. The van der Waals surface area contributed by atoms with Gasteiger partial charge in [-0.25, -0.2) is 4.98 Å². The molecule has 0 bridgehead atoms. The van der Waals surface area contributed by atoms with E-state index in [1.54, 1.807) is 6.20 Å². The van der Waals surface area contributed by atoms with Crippen LogP contribution in [0.15, 0.2) is 85.1 Å². The Morgan fingerprint density at radius 1 is 0.967 bits per heavy atom. The second kappa shape index (κ2) is 9.37. The molecule has 0 saturated carbocycles. The maximum Gasteiger partial charge on any atom is 0.323 e. The number of methoxy groups -OCH3 is 1. The van der Waals surface area contributed by atoms with Crippen LogP contribution in [0.3, 0.4) is 0 Å². The van der Waals surface area contributed by atoms with Gasteiger partial charge in [0.25, 0.3) is 0 Å². The molecular formula is C25H25N3O2. The molecule has 0 radical (unpaired) electrons. The van der Waals surface area contributed by atoms with Crippen molar-refractivity contribution in [3.63, 3.8) is 0 Å². The molecule has 1 atom stereocenters. The van der Waals surface area contributed by atoms with E-state index in [-0.39, 0.29) is 5.97 Å². The fourth-order valence-electron chi connectivity index (χ4n) is 3.74. The van der Waals surface area contributed by atoms with Crippen LogP contribution in [0.25, 0.3) is 11.0 Å². The van der Waals surface area contributed by atoms with E-state index in [1.165, 1.54) is 7.11 Å². The lowest BCUT2D eigenvalue weighted by Gasteiger charge is -2.30. The Labute approximate surface area is 176 Å². The molecule has 0 saturated heterocycles. The number of hydrogen-bond donors (Lipinski definition) is 1. The van der Waals surface area contributed by atoms with Gasteiger partial charge in [-0.05, 0) is 29.3 Å². The number of benzene rings is 2. The summed E-state index contributed by atoms with van der Waals surface area (Å²) in [5.74, 6) is -0.242. The zero-order valence-electron chi connectivity index (χ0n) is 17.0. The Balaban J connectivity index is 1.65. The molecule has 0 spiro atoms. The molecule has 0 aliphatic carbocycles. The van der Waals surface area contributed by atoms with E-state index in [0.29, 0.717) is 19.5 Å². The van der Waals surface area contributed by atoms with Crippen LogP contribution in [0.4, 0.5) is 0 Å². The van der Waals surface area contributed by atoms with Gasteiger partial charge in [0.1, 0.15) is 11.7 Å². The van der Waals surface area contributed by atoms with Gasteiger partial charge in [-0.3, -0.25) is 9.69 Å². The van der Waals surface area contributed by atoms with Crippen molar-refractivity contribution in [2.45, 2.75) is 25.6 Å². The number of fused-ring (bicyclic) bond motifs is 1. The van der Waals surface area contributed by atoms with Gasteiger partial charge in [-0.15, -0.1) is 0 Å². The van der Waals surface area contributed by atoms with Crippen molar-refractivity contribution in [1.29, 1.82) is 0 Å². The van der Waals surface area contributed by atoms with Crippen molar-refractivity contribution in [2.24, 2.45) is 0 Å². The van der Waals surface area contributed by atoms with Gasteiger partial charge < -0.3 is 9.72 Å². The first-order valence-electron chi connectivity index (χ1n) is 10.1. The van der Waals surface area contributed by atoms with Gasteiger partial charge in [0, 0.05) is 36.8 Å². The van der Waals surface area contributed by atoms with E-state index >= 15 is 0 Å². The van der Waals surface area contributed by atoms with Crippen LogP contribution in [0.5, 0.6) is 0 Å². The van der Waals surface area contributed by atoms with Crippen molar-refractivity contribution in [1.82, 2.24) is 14.9 Å². The highest BCUT2D eigenvalue weighted by atomic mass is 16.5. The lowest BCUT2D eigenvalue weighted by atomic mass is 10.1. The van der Waals surface area contributed by atoms with Crippen LogP contribution in [0.1, 0.15) is 16.8 Å². The number of aromatic nitrogens is 2. The van der Waals surface area contributed by atoms with Crippen LogP contribution in [0.2, 0.25) is 0 Å². The summed E-state index contributed by atoms with van der Waals surface area (Å²) in [6.45, 7) is 1.29. The van der Waals surface area contributed by atoms with Crippen molar-refractivity contribution in [3.8, 4) is 0 Å². The lowest BCUT2D eigenvalue weighted by Crippen LogP contribution is -2.42. The summed E-state index contributed by atoms with van der Waals surface area (Å²) in [6.07, 6.45) is 2.28. The monoisotopic (exact) mass is 399 g/mol. The van der Waals surface area contributed by atoms with Crippen LogP contribution in [-0.2, 0) is 29.0 Å². The number of aromatic amines is 1. The molecule has 0 fully saturated rings. The summed E-state index contributed by atoms with van der Waals surface area (Å²) in [7, 11) is 1.45. The number of carbonyl (C=O) groups excluding carboxylic acids is 1. The average molecular weight is 399 g/mol. The van der Waals surface area contributed by atoms with Crippen molar-refractivity contribution in [2.75, 3.05) is 7.11 Å². The quantitative estimate of drug-likeness (QED) is 0.448. The summed E-state index contributed by atoms with van der Waals surface area (Å²) >= 11 is 0. The summed E-state index contributed by atoms with van der Waals surface area (Å²) in [5.41, 5.74) is 4.10. The van der Waals surface area contributed by atoms with Crippen molar-refractivity contribution >= 4 is 17.0 Å². The van der Waals surface area contributed by atoms with Gasteiger partial charge in [-0.2, -0.15) is 0 Å². The molecule has 0 aliphatic heterocycles. The highest BCUT2D eigenvalue weighted by molar-refractivity contribution is 5.78. The molecule has 5 heteroatoms. The van der Waals surface area contributed by atoms with E-state index in [0.717, 1.165) is 27.9 Å². The molecule has 2 heterocycles. The van der Waals surface area contributed by atoms with Crippen molar-refractivity contribution < 1.29 is 9.53 Å². The second-order valence-corrected chi connectivity index (χ2v) is 7.36. The Kier molecular flexibility index (Phi) is 6.20. The number of nitrogens with zero attached hydrogens (tertiary/aromatic N) is 2. The van der Waals surface area contributed by atoms with E-state index in [4.69, 9.17) is 4.74 Å². The van der Waals surface area contributed by atoms with Gasteiger partial charge in [0.2, 0.25) is 0 Å². The molecule has 152 valence electrons. The molecule has 1 N–H and O–H groups in total. The number of nitrogens with one attached hydrogen (secondary N) is 1. The fourth-order valence-corrected chi connectivity index (χ4v) is 3.74.